The normalized spacial score (nSPS) is 29.3. The van der Waals surface area contributed by atoms with E-state index in [1.54, 1.807) is 12.1 Å². The molecule has 1 aliphatic rings. The van der Waals surface area contributed by atoms with E-state index in [2.05, 4.69) is 11.7 Å². The van der Waals surface area contributed by atoms with Gasteiger partial charge < -0.3 is 14.3 Å². The van der Waals surface area contributed by atoms with E-state index in [0.717, 1.165) is 6.42 Å². The fraction of sp³-hybridized carbons (Fsp3) is 0.583. The van der Waals surface area contributed by atoms with Gasteiger partial charge in [-0.2, -0.15) is 0 Å². The van der Waals surface area contributed by atoms with Crippen LogP contribution in [0.1, 0.15) is 42.5 Å². The standard InChI is InChI=1S/C12H16O4/c1-8-5-6-12(14,7-8)10-4-3-9(16-10)11(13)15-2/h3-4,8,14H,5-7H2,1-2H3. The molecule has 1 saturated carbocycles. The Morgan fingerprint density at radius 2 is 2.38 bits per heavy atom. The number of rotatable bonds is 2. The lowest BCUT2D eigenvalue weighted by atomic mass is 9.98. The Labute approximate surface area is 94.2 Å². The summed E-state index contributed by atoms with van der Waals surface area (Å²) in [5.74, 6) is 0.584. The zero-order valence-corrected chi connectivity index (χ0v) is 9.53. The summed E-state index contributed by atoms with van der Waals surface area (Å²) in [5, 5.41) is 10.4. The van der Waals surface area contributed by atoms with Crippen molar-refractivity contribution in [1.29, 1.82) is 0 Å². The van der Waals surface area contributed by atoms with E-state index in [4.69, 9.17) is 4.42 Å². The predicted octanol–water partition coefficient (Wildman–Crippen LogP) is 2.07. The number of hydrogen-bond donors (Lipinski definition) is 1. The van der Waals surface area contributed by atoms with Crippen LogP contribution >= 0.6 is 0 Å². The van der Waals surface area contributed by atoms with Crippen molar-refractivity contribution in [2.45, 2.75) is 31.8 Å². The Kier molecular flexibility index (Phi) is 2.76. The van der Waals surface area contributed by atoms with Gasteiger partial charge in [0.15, 0.2) is 0 Å². The van der Waals surface area contributed by atoms with Gasteiger partial charge in [0.1, 0.15) is 11.4 Å². The summed E-state index contributed by atoms with van der Waals surface area (Å²) < 4.78 is 9.90. The summed E-state index contributed by atoms with van der Waals surface area (Å²) in [4.78, 5) is 11.2. The van der Waals surface area contributed by atoms with Gasteiger partial charge >= 0.3 is 5.97 Å². The lowest BCUT2D eigenvalue weighted by molar-refractivity contribution is 0.0162. The molecule has 2 rings (SSSR count). The first kappa shape index (κ1) is 11.2. The maximum atomic E-state index is 11.2. The third-order valence-electron chi connectivity index (χ3n) is 3.19. The highest BCUT2D eigenvalue weighted by Crippen LogP contribution is 2.42. The highest BCUT2D eigenvalue weighted by Gasteiger charge is 2.39. The van der Waals surface area contributed by atoms with Gasteiger partial charge in [0.05, 0.1) is 7.11 Å². The minimum atomic E-state index is -0.911. The first-order chi connectivity index (χ1) is 7.55. The summed E-state index contributed by atoms with van der Waals surface area (Å²) in [7, 11) is 1.30. The number of carbonyl (C=O) groups is 1. The Hall–Kier alpha value is -1.29. The molecule has 0 amide bonds. The van der Waals surface area contributed by atoms with Gasteiger partial charge in [0.2, 0.25) is 5.76 Å². The van der Waals surface area contributed by atoms with Crippen molar-refractivity contribution in [2.24, 2.45) is 5.92 Å². The molecule has 4 heteroatoms. The minimum absolute atomic E-state index is 0.144. The number of furan rings is 1. The van der Waals surface area contributed by atoms with E-state index in [1.807, 2.05) is 0 Å². The van der Waals surface area contributed by atoms with Gasteiger partial charge in [-0.05, 0) is 37.3 Å². The highest BCUT2D eigenvalue weighted by atomic mass is 16.5. The molecule has 1 aliphatic carbocycles. The van der Waals surface area contributed by atoms with Gasteiger partial charge in [-0.1, -0.05) is 6.92 Å². The van der Waals surface area contributed by atoms with Crippen LogP contribution in [0.4, 0.5) is 0 Å². The van der Waals surface area contributed by atoms with Gasteiger partial charge in [-0.25, -0.2) is 4.79 Å². The monoisotopic (exact) mass is 224 g/mol. The smallest absolute Gasteiger partial charge is 0.373 e. The zero-order chi connectivity index (χ0) is 11.8. The van der Waals surface area contributed by atoms with Crippen molar-refractivity contribution in [2.75, 3.05) is 7.11 Å². The van der Waals surface area contributed by atoms with Crippen LogP contribution in [-0.4, -0.2) is 18.2 Å². The van der Waals surface area contributed by atoms with Crippen molar-refractivity contribution >= 4 is 5.97 Å². The molecule has 4 nitrogen and oxygen atoms in total. The summed E-state index contributed by atoms with van der Waals surface area (Å²) in [6.07, 6.45) is 2.34. The number of esters is 1. The molecule has 1 fully saturated rings. The van der Waals surface area contributed by atoms with E-state index in [0.29, 0.717) is 24.5 Å². The Balaban J connectivity index is 2.22. The topological polar surface area (TPSA) is 59.7 Å². The van der Waals surface area contributed by atoms with Gasteiger partial charge in [-0.15, -0.1) is 0 Å². The minimum Gasteiger partial charge on any atom is -0.463 e. The number of methoxy groups -OCH3 is 1. The second-order valence-corrected chi connectivity index (χ2v) is 4.54. The number of ether oxygens (including phenoxy) is 1. The molecule has 16 heavy (non-hydrogen) atoms. The van der Waals surface area contributed by atoms with Crippen LogP contribution < -0.4 is 0 Å². The third kappa shape index (κ3) is 1.85. The Morgan fingerprint density at radius 1 is 1.62 bits per heavy atom. The lowest BCUT2D eigenvalue weighted by Gasteiger charge is -2.19. The largest absolute Gasteiger partial charge is 0.463 e. The van der Waals surface area contributed by atoms with Crippen molar-refractivity contribution in [3.8, 4) is 0 Å². The molecule has 88 valence electrons. The molecule has 0 bridgehead atoms. The van der Waals surface area contributed by atoms with Crippen LogP contribution in [-0.2, 0) is 10.3 Å². The molecular formula is C12H16O4. The molecule has 1 heterocycles. The highest BCUT2D eigenvalue weighted by molar-refractivity contribution is 5.86. The average molecular weight is 224 g/mol. The molecule has 1 N–H and O–H groups in total. The molecule has 0 aliphatic heterocycles. The quantitative estimate of drug-likeness (QED) is 0.781. The first-order valence-corrected chi connectivity index (χ1v) is 5.46. The van der Waals surface area contributed by atoms with Gasteiger partial charge in [0.25, 0.3) is 0 Å². The van der Waals surface area contributed by atoms with Crippen molar-refractivity contribution in [1.82, 2.24) is 0 Å². The molecule has 2 atom stereocenters. The fourth-order valence-corrected chi connectivity index (χ4v) is 2.29. The molecule has 0 radical (unpaired) electrons. The molecule has 0 saturated heterocycles. The number of hydrogen-bond acceptors (Lipinski definition) is 4. The van der Waals surface area contributed by atoms with Crippen molar-refractivity contribution in [3.63, 3.8) is 0 Å². The molecule has 1 aromatic heterocycles. The number of aliphatic hydroxyl groups is 1. The van der Waals surface area contributed by atoms with E-state index < -0.39 is 11.6 Å². The van der Waals surface area contributed by atoms with Crippen LogP contribution in [0.5, 0.6) is 0 Å². The molecule has 0 spiro atoms. The van der Waals surface area contributed by atoms with Crippen LogP contribution in [0, 0.1) is 5.92 Å². The van der Waals surface area contributed by atoms with Crippen LogP contribution in [0.25, 0.3) is 0 Å². The van der Waals surface area contributed by atoms with E-state index in [-0.39, 0.29) is 5.76 Å². The van der Waals surface area contributed by atoms with Crippen LogP contribution in [0.2, 0.25) is 0 Å². The Morgan fingerprint density at radius 3 is 2.94 bits per heavy atom. The summed E-state index contributed by atoms with van der Waals surface area (Å²) in [6.45, 7) is 2.10. The summed E-state index contributed by atoms with van der Waals surface area (Å²) in [5.41, 5.74) is -0.911. The maximum Gasteiger partial charge on any atom is 0.373 e. The van der Waals surface area contributed by atoms with Crippen molar-refractivity contribution in [3.05, 3.63) is 23.7 Å². The maximum absolute atomic E-state index is 11.2. The Bertz CT molecular complexity index is 395. The van der Waals surface area contributed by atoms with E-state index in [1.165, 1.54) is 7.11 Å². The molecular weight excluding hydrogens is 208 g/mol. The van der Waals surface area contributed by atoms with Crippen molar-refractivity contribution < 1.29 is 19.1 Å². The third-order valence-corrected chi connectivity index (χ3v) is 3.19. The van der Waals surface area contributed by atoms with Crippen LogP contribution in [0.15, 0.2) is 16.5 Å². The second kappa shape index (κ2) is 3.94. The summed E-state index contributed by atoms with van der Waals surface area (Å²) in [6, 6.07) is 3.20. The molecule has 1 aromatic rings. The molecule has 0 aromatic carbocycles. The van der Waals surface area contributed by atoms with Gasteiger partial charge in [-0.3, -0.25) is 0 Å². The van der Waals surface area contributed by atoms with E-state index >= 15 is 0 Å². The average Bonchev–Trinajstić information content (AvgIpc) is 2.85. The van der Waals surface area contributed by atoms with Gasteiger partial charge in [0, 0.05) is 0 Å². The fourth-order valence-electron chi connectivity index (χ4n) is 2.29. The first-order valence-electron chi connectivity index (χ1n) is 5.46. The SMILES string of the molecule is COC(=O)c1ccc(C2(O)CCC(C)C2)o1. The van der Waals surface area contributed by atoms with E-state index in [9.17, 15) is 9.90 Å². The molecule has 2 unspecified atom stereocenters. The number of carbonyl (C=O) groups excluding carboxylic acids is 1. The van der Waals surface area contributed by atoms with Crippen LogP contribution in [0.3, 0.4) is 0 Å². The predicted molar refractivity (Wildman–Crippen MR) is 57.0 cm³/mol. The second-order valence-electron chi connectivity index (χ2n) is 4.54. The zero-order valence-electron chi connectivity index (χ0n) is 9.53. The summed E-state index contributed by atoms with van der Waals surface area (Å²) >= 11 is 0. The lowest BCUT2D eigenvalue weighted by Crippen LogP contribution is -2.20.